The molecule has 1 heterocycles. The normalized spacial score (nSPS) is 14.0. The maximum absolute atomic E-state index is 11.9. The van der Waals surface area contributed by atoms with Gasteiger partial charge >= 0.3 is 6.03 Å². The highest BCUT2D eigenvalue weighted by atomic mass is 16.3. The van der Waals surface area contributed by atoms with E-state index in [1.165, 1.54) is 0 Å². The number of amides is 2. The van der Waals surface area contributed by atoms with Crippen molar-refractivity contribution in [2.45, 2.75) is 46.6 Å². The first kappa shape index (κ1) is 17.6. The minimum Gasteiger partial charge on any atom is -0.464 e. The van der Waals surface area contributed by atoms with E-state index >= 15 is 0 Å². The quantitative estimate of drug-likeness (QED) is 0.690. The fourth-order valence-electron chi connectivity index (χ4n) is 2.39. The van der Waals surface area contributed by atoms with Crippen molar-refractivity contribution in [1.82, 2.24) is 10.6 Å². The van der Waals surface area contributed by atoms with E-state index in [0.29, 0.717) is 24.8 Å². The van der Waals surface area contributed by atoms with Gasteiger partial charge in [0, 0.05) is 13.2 Å². The SMILES string of the molecule is Cc1ccc(C(C)NC(=O)NCC(CCO)CC(C)C)o1. The second-order valence-electron chi connectivity index (χ2n) is 6.03. The van der Waals surface area contributed by atoms with Gasteiger partial charge < -0.3 is 20.2 Å². The molecule has 1 aromatic heterocycles. The summed E-state index contributed by atoms with van der Waals surface area (Å²) in [5.74, 6) is 2.44. The van der Waals surface area contributed by atoms with Gasteiger partial charge in [-0.05, 0) is 50.7 Å². The number of carbonyl (C=O) groups excluding carboxylic acids is 1. The molecule has 0 fully saturated rings. The van der Waals surface area contributed by atoms with E-state index in [-0.39, 0.29) is 18.7 Å². The van der Waals surface area contributed by atoms with E-state index in [2.05, 4.69) is 24.5 Å². The lowest BCUT2D eigenvalue weighted by Crippen LogP contribution is -2.39. The Kier molecular flexibility index (Phi) is 7.29. The predicted octanol–water partition coefficient (Wildman–Crippen LogP) is 2.99. The molecule has 0 aromatic carbocycles. The first-order valence-corrected chi connectivity index (χ1v) is 7.64. The number of hydrogen-bond acceptors (Lipinski definition) is 3. The highest BCUT2D eigenvalue weighted by Crippen LogP contribution is 2.16. The monoisotopic (exact) mass is 296 g/mol. The van der Waals surface area contributed by atoms with Crippen molar-refractivity contribution >= 4 is 6.03 Å². The largest absolute Gasteiger partial charge is 0.464 e. The summed E-state index contributed by atoms with van der Waals surface area (Å²) in [4.78, 5) is 11.9. The number of aliphatic hydroxyl groups excluding tert-OH is 1. The highest BCUT2D eigenvalue weighted by Gasteiger charge is 2.15. The van der Waals surface area contributed by atoms with E-state index < -0.39 is 0 Å². The maximum Gasteiger partial charge on any atom is 0.315 e. The van der Waals surface area contributed by atoms with Crippen molar-refractivity contribution < 1.29 is 14.3 Å². The molecule has 3 N–H and O–H groups in total. The van der Waals surface area contributed by atoms with Gasteiger partial charge in [0.15, 0.2) is 0 Å². The van der Waals surface area contributed by atoms with E-state index in [0.717, 1.165) is 17.9 Å². The Balaban J connectivity index is 2.38. The van der Waals surface area contributed by atoms with Crippen LogP contribution in [0.4, 0.5) is 4.79 Å². The summed E-state index contributed by atoms with van der Waals surface area (Å²) in [7, 11) is 0. The lowest BCUT2D eigenvalue weighted by Gasteiger charge is -2.19. The molecule has 0 radical (unpaired) electrons. The summed E-state index contributed by atoms with van der Waals surface area (Å²) in [5.41, 5.74) is 0. The molecule has 0 aliphatic rings. The van der Waals surface area contributed by atoms with Gasteiger partial charge in [0.05, 0.1) is 6.04 Å². The molecule has 2 unspecified atom stereocenters. The van der Waals surface area contributed by atoms with Gasteiger partial charge in [0.2, 0.25) is 0 Å². The van der Waals surface area contributed by atoms with Crippen LogP contribution in [0.5, 0.6) is 0 Å². The Morgan fingerprint density at radius 1 is 1.33 bits per heavy atom. The number of nitrogens with one attached hydrogen (secondary N) is 2. The number of aryl methyl sites for hydroxylation is 1. The van der Waals surface area contributed by atoms with Gasteiger partial charge in [-0.15, -0.1) is 0 Å². The van der Waals surface area contributed by atoms with Gasteiger partial charge in [0.1, 0.15) is 11.5 Å². The van der Waals surface area contributed by atoms with Crippen LogP contribution in [0.15, 0.2) is 16.5 Å². The highest BCUT2D eigenvalue weighted by molar-refractivity contribution is 5.74. The zero-order valence-electron chi connectivity index (χ0n) is 13.5. The smallest absolute Gasteiger partial charge is 0.315 e. The number of aliphatic hydroxyl groups is 1. The summed E-state index contributed by atoms with van der Waals surface area (Å²) < 4.78 is 5.49. The number of carbonyl (C=O) groups is 1. The predicted molar refractivity (Wildman–Crippen MR) is 83.0 cm³/mol. The minimum absolute atomic E-state index is 0.156. The topological polar surface area (TPSA) is 74.5 Å². The van der Waals surface area contributed by atoms with Crippen molar-refractivity contribution in [1.29, 1.82) is 0 Å². The molecule has 5 heteroatoms. The van der Waals surface area contributed by atoms with E-state index in [1.807, 2.05) is 26.0 Å². The van der Waals surface area contributed by atoms with E-state index in [1.54, 1.807) is 0 Å². The molecule has 1 rings (SSSR count). The zero-order valence-corrected chi connectivity index (χ0v) is 13.5. The standard InChI is InChI=1S/C16H28N2O3/c1-11(2)9-14(7-8-19)10-17-16(20)18-13(4)15-6-5-12(3)21-15/h5-6,11,13-14,19H,7-10H2,1-4H3,(H2,17,18,20). The molecule has 0 aliphatic carbocycles. The molecule has 21 heavy (non-hydrogen) atoms. The molecular weight excluding hydrogens is 268 g/mol. The van der Waals surface area contributed by atoms with Crippen LogP contribution in [0.3, 0.4) is 0 Å². The van der Waals surface area contributed by atoms with Crippen molar-refractivity contribution in [2.75, 3.05) is 13.2 Å². The zero-order chi connectivity index (χ0) is 15.8. The van der Waals surface area contributed by atoms with Crippen LogP contribution in [0, 0.1) is 18.8 Å². The third-order valence-electron chi connectivity index (χ3n) is 3.43. The average molecular weight is 296 g/mol. The van der Waals surface area contributed by atoms with Crippen LogP contribution in [-0.4, -0.2) is 24.3 Å². The average Bonchev–Trinajstić information content (AvgIpc) is 2.82. The summed E-state index contributed by atoms with van der Waals surface area (Å²) in [6.07, 6.45) is 1.71. The van der Waals surface area contributed by atoms with Crippen molar-refractivity contribution in [3.05, 3.63) is 23.7 Å². The van der Waals surface area contributed by atoms with Crippen LogP contribution >= 0.6 is 0 Å². The van der Waals surface area contributed by atoms with Crippen LogP contribution < -0.4 is 10.6 Å². The fraction of sp³-hybridized carbons (Fsp3) is 0.688. The van der Waals surface area contributed by atoms with Crippen LogP contribution in [0.2, 0.25) is 0 Å². The van der Waals surface area contributed by atoms with Crippen molar-refractivity contribution in [3.63, 3.8) is 0 Å². The Bertz CT molecular complexity index is 429. The molecule has 5 nitrogen and oxygen atoms in total. The fourth-order valence-corrected chi connectivity index (χ4v) is 2.39. The molecule has 0 saturated heterocycles. The van der Waals surface area contributed by atoms with Crippen LogP contribution in [0.25, 0.3) is 0 Å². The molecule has 0 saturated carbocycles. The van der Waals surface area contributed by atoms with Gasteiger partial charge in [-0.1, -0.05) is 13.8 Å². The summed E-state index contributed by atoms with van der Waals surface area (Å²) in [5, 5.41) is 14.8. The Labute approximate surface area is 127 Å². The van der Waals surface area contributed by atoms with E-state index in [9.17, 15) is 4.79 Å². The van der Waals surface area contributed by atoms with Crippen LogP contribution in [-0.2, 0) is 0 Å². The van der Waals surface area contributed by atoms with Gasteiger partial charge in [0.25, 0.3) is 0 Å². The molecule has 120 valence electrons. The molecular formula is C16H28N2O3. The number of furan rings is 1. The molecule has 0 bridgehead atoms. The van der Waals surface area contributed by atoms with Crippen molar-refractivity contribution in [3.8, 4) is 0 Å². The molecule has 2 atom stereocenters. The lowest BCUT2D eigenvalue weighted by molar-refractivity contribution is 0.222. The molecule has 1 aromatic rings. The van der Waals surface area contributed by atoms with Gasteiger partial charge in [-0.2, -0.15) is 0 Å². The Hall–Kier alpha value is -1.49. The molecule has 0 spiro atoms. The second kappa shape index (κ2) is 8.72. The number of rotatable bonds is 8. The number of hydrogen-bond donors (Lipinski definition) is 3. The van der Waals surface area contributed by atoms with E-state index in [4.69, 9.17) is 9.52 Å². The van der Waals surface area contributed by atoms with Gasteiger partial charge in [-0.3, -0.25) is 0 Å². The van der Waals surface area contributed by atoms with Crippen molar-refractivity contribution in [2.24, 2.45) is 11.8 Å². The Morgan fingerprint density at radius 2 is 2.05 bits per heavy atom. The third-order valence-corrected chi connectivity index (χ3v) is 3.43. The lowest BCUT2D eigenvalue weighted by atomic mass is 9.94. The van der Waals surface area contributed by atoms with Gasteiger partial charge in [-0.25, -0.2) is 4.79 Å². The first-order chi connectivity index (χ1) is 9.92. The van der Waals surface area contributed by atoms with Crippen LogP contribution in [0.1, 0.15) is 51.2 Å². The Morgan fingerprint density at radius 3 is 2.57 bits per heavy atom. The summed E-state index contributed by atoms with van der Waals surface area (Å²) >= 11 is 0. The molecule has 2 amide bonds. The minimum atomic E-state index is -0.205. The summed E-state index contributed by atoms with van der Waals surface area (Å²) in [6.45, 7) is 8.79. The number of urea groups is 1. The first-order valence-electron chi connectivity index (χ1n) is 7.64. The maximum atomic E-state index is 11.9. The second-order valence-corrected chi connectivity index (χ2v) is 6.03. The molecule has 0 aliphatic heterocycles. The third kappa shape index (κ3) is 6.67. The summed E-state index contributed by atoms with van der Waals surface area (Å²) in [6, 6.07) is 3.38.